The molecule has 1 aromatic carbocycles. The molecule has 2 N–H and O–H groups in total. The van der Waals surface area contributed by atoms with Crippen LogP contribution < -0.4 is 15.2 Å². The first-order valence-electron chi connectivity index (χ1n) is 4.26. The highest BCUT2D eigenvalue weighted by atomic mass is 35.5. The molecule has 0 spiro atoms. The number of methoxy groups -OCH3 is 2. The van der Waals surface area contributed by atoms with Gasteiger partial charge in [-0.15, -0.1) is 24.0 Å². The third-order valence-electron chi connectivity index (χ3n) is 2.00. The second kappa shape index (κ2) is 6.77. The first kappa shape index (κ1) is 14.4. The van der Waals surface area contributed by atoms with Crippen LogP contribution in [0, 0.1) is 0 Å². The molecule has 86 valence electrons. The fourth-order valence-electron chi connectivity index (χ4n) is 1.17. The van der Waals surface area contributed by atoms with Crippen LogP contribution in [0.15, 0.2) is 18.2 Å². The standard InChI is InChI=1S/C10H14ClNO2.ClH/c1-13-9-4-3-7(8(12)6-11)5-10(9)14-2;/h3-5,8H,6,12H2,1-2H3;1H. The Bertz CT molecular complexity index is 307. The van der Waals surface area contributed by atoms with Gasteiger partial charge in [0.05, 0.1) is 14.2 Å². The molecule has 0 fully saturated rings. The number of rotatable bonds is 4. The summed E-state index contributed by atoms with van der Waals surface area (Å²) in [5, 5.41) is 0. The minimum Gasteiger partial charge on any atom is -0.493 e. The van der Waals surface area contributed by atoms with Crippen LogP contribution in [0.5, 0.6) is 11.5 Å². The summed E-state index contributed by atoms with van der Waals surface area (Å²) in [7, 11) is 3.19. The Labute approximate surface area is 101 Å². The number of hydrogen-bond donors (Lipinski definition) is 1. The van der Waals surface area contributed by atoms with E-state index in [0.717, 1.165) is 5.56 Å². The molecule has 0 saturated heterocycles. The van der Waals surface area contributed by atoms with E-state index in [9.17, 15) is 0 Å². The molecule has 0 aliphatic carbocycles. The summed E-state index contributed by atoms with van der Waals surface area (Å²) in [6, 6.07) is 5.37. The van der Waals surface area contributed by atoms with E-state index in [1.165, 1.54) is 0 Å². The van der Waals surface area contributed by atoms with Crippen molar-refractivity contribution in [2.24, 2.45) is 5.73 Å². The van der Waals surface area contributed by atoms with Crippen LogP contribution >= 0.6 is 24.0 Å². The lowest BCUT2D eigenvalue weighted by Crippen LogP contribution is -2.11. The Kier molecular flexibility index (Phi) is 6.48. The van der Waals surface area contributed by atoms with Crippen LogP contribution in [0.3, 0.4) is 0 Å². The smallest absolute Gasteiger partial charge is 0.161 e. The van der Waals surface area contributed by atoms with Gasteiger partial charge in [-0.25, -0.2) is 0 Å². The van der Waals surface area contributed by atoms with E-state index in [1.54, 1.807) is 14.2 Å². The van der Waals surface area contributed by atoms with Crippen LogP contribution in [0.2, 0.25) is 0 Å². The van der Waals surface area contributed by atoms with Gasteiger partial charge in [0.25, 0.3) is 0 Å². The van der Waals surface area contributed by atoms with Gasteiger partial charge < -0.3 is 15.2 Å². The number of ether oxygens (including phenoxy) is 2. The Morgan fingerprint density at radius 2 is 1.87 bits per heavy atom. The molecule has 1 rings (SSSR count). The molecule has 0 aromatic heterocycles. The van der Waals surface area contributed by atoms with Crippen LogP contribution in [0.4, 0.5) is 0 Å². The molecule has 0 aliphatic rings. The lowest BCUT2D eigenvalue weighted by Gasteiger charge is -2.12. The van der Waals surface area contributed by atoms with Crippen LogP contribution in [-0.2, 0) is 0 Å². The summed E-state index contributed by atoms with van der Waals surface area (Å²) in [6.45, 7) is 0. The molecule has 0 aliphatic heterocycles. The second-order valence-electron chi connectivity index (χ2n) is 2.88. The molecule has 3 nitrogen and oxygen atoms in total. The first-order chi connectivity index (χ1) is 6.72. The van der Waals surface area contributed by atoms with Gasteiger partial charge in [0, 0.05) is 11.9 Å². The monoisotopic (exact) mass is 251 g/mol. The quantitative estimate of drug-likeness (QED) is 0.836. The molecule has 1 atom stereocenters. The average molecular weight is 252 g/mol. The number of halogens is 2. The van der Waals surface area contributed by atoms with E-state index in [1.807, 2.05) is 18.2 Å². The van der Waals surface area contributed by atoms with E-state index in [0.29, 0.717) is 17.4 Å². The zero-order valence-corrected chi connectivity index (χ0v) is 10.3. The van der Waals surface area contributed by atoms with E-state index in [-0.39, 0.29) is 18.4 Å². The third-order valence-corrected chi connectivity index (χ3v) is 2.33. The SMILES string of the molecule is COc1ccc(C(N)CCl)cc1OC.Cl. The average Bonchev–Trinajstić information content (AvgIpc) is 2.26. The van der Waals surface area contributed by atoms with Crippen molar-refractivity contribution in [2.75, 3.05) is 20.1 Å². The van der Waals surface area contributed by atoms with Crippen molar-refractivity contribution < 1.29 is 9.47 Å². The summed E-state index contributed by atoms with van der Waals surface area (Å²) in [4.78, 5) is 0. The fourth-order valence-corrected chi connectivity index (χ4v) is 1.35. The van der Waals surface area contributed by atoms with E-state index >= 15 is 0 Å². The Morgan fingerprint density at radius 1 is 1.27 bits per heavy atom. The molecule has 0 radical (unpaired) electrons. The molecule has 0 amide bonds. The van der Waals surface area contributed by atoms with Crippen molar-refractivity contribution in [3.8, 4) is 11.5 Å². The van der Waals surface area contributed by atoms with Crippen molar-refractivity contribution in [1.82, 2.24) is 0 Å². The van der Waals surface area contributed by atoms with E-state index in [2.05, 4.69) is 0 Å². The molecule has 5 heteroatoms. The maximum atomic E-state index is 5.78. The van der Waals surface area contributed by atoms with Gasteiger partial charge in [-0.2, -0.15) is 0 Å². The largest absolute Gasteiger partial charge is 0.493 e. The van der Waals surface area contributed by atoms with E-state index < -0.39 is 0 Å². The maximum Gasteiger partial charge on any atom is 0.161 e. The van der Waals surface area contributed by atoms with Gasteiger partial charge in [-0.05, 0) is 17.7 Å². The second-order valence-corrected chi connectivity index (χ2v) is 3.18. The van der Waals surface area contributed by atoms with Crippen molar-refractivity contribution >= 4 is 24.0 Å². The zero-order valence-electron chi connectivity index (χ0n) is 8.70. The van der Waals surface area contributed by atoms with Gasteiger partial charge in [0.1, 0.15) is 0 Å². The molecule has 1 unspecified atom stereocenters. The summed E-state index contributed by atoms with van der Waals surface area (Å²) in [5.41, 5.74) is 6.72. The summed E-state index contributed by atoms with van der Waals surface area (Å²) in [6.07, 6.45) is 0. The minimum atomic E-state index is -0.170. The van der Waals surface area contributed by atoms with Crippen molar-refractivity contribution in [3.05, 3.63) is 23.8 Å². The predicted molar refractivity (Wildman–Crippen MR) is 64.4 cm³/mol. The Balaban J connectivity index is 0.00000196. The summed E-state index contributed by atoms with van der Waals surface area (Å²) >= 11 is 5.66. The van der Waals surface area contributed by atoms with Crippen molar-refractivity contribution in [1.29, 1.82) is 0 Å². The Morgan fingerprint density at radius 3 is 2.33 bits per heavy atom. The van der Waals surface area contributed by atoms with Gasteiger partial charge >= 0.3 is 0 Å². The number of alkyl halides is 1. The minimum absolute atomic E-state index is 0. The highest BCUT2D eigenvalue weighted by Gasteiger charge is 2.09. The van der Waals surface area contributed by atoms with Gasteiger partial charge in [-0.3, -0.25) is 0 Å². The predicted octanol–water partition coefficient (Wildman–Crippen LogP) is 2.36. The first-order valence-corrected chi connectivity index (χ1v) is 4.79. The molecular weight excluding hydrogens is 237 g/mol. The Hall–Kier alpha value is -0.640. The van der Waals surface area contributed by atoms with Crippen molar-refractivity contribution in [3.63, 3.8) is 0 Å². The van der Waals surface area contributed by atoms with Gasteiger partial charge in [0.15, 0.2) is 11.5 Å². The maximum absolute atomic E-state index is 5.78. The van der Waals surface area contributed by atoms with Crippen molar-refractivity contribution in [2.45, 2.75) is 6.04 Å². The van der Waals surface area contributed by atoms with Crippen LogP contribution in [-0.4, -0.2) is 20.1 Å². The normalized spacial score (nSPS) is 11.5. The fraction of sp³-hybridized carbons (Fsp3) is 0.400. The van der Waals surface area contributed by atoms with Gasteiger partial charge in [0.2, 0.25) is 0 Å². The van der Waals surface area contributed by atoms with E-state index in [4.69, 9.17) is 26.8 Å². The zero-order chi connectivity index (χ0) is 10.6. The summed E-state index contributed by atoms with van der Waals surface area (Å²) < 4.78 is 10.3. The highest BCUT2D eigenvalue weighted by Crippen LogP contribution is 2.29. The third kappa shape index (κ3) is 3.45. The molecular formula is C10H15Cl2NO2. The molecule has 0 saturated carbocycles. The number of nitrogens with two attached hydrogens (primary N) is 1. The van der Waals surface area contributed by atoms with Gasteiger partial charge in [-0.1, -0.05) is 6.07 Å². The molecule has 15 heavy (non-hydrogen) atoms. The number of benzene rings is 1. The lowest BCUT2D eigenvalue weighted by molar-refractivity contribution is 0.354. The summed E-state index contributed by atoms with van der Waals surface area (Å²) in [5.74, 6) is 1.75. The van der Waals surface area contributed by atoms with Crippen LogP contribution in [0.1, 0.15) is 11.6 Å². The molecule has 1 aromatic rings. The molecule has 0 bridgehead atoms. The number of hydrogen-bond acceptors (Lipinski definition) is 3. The topological polar surface area (TPSA) is 44.5 Å². The lowest BCUT2D eigenvalue weighted by atomic mass is 10.1. The van der Waals surface area contributed by atoms with Crippen LogP contribution in [0.25, 0.3) is 0 Å². The molecule has 0 heterocycles. The highest BCUT2D eigenvalue weighted by molar-refractivity contribution is 6.18.